The molecule has 1 rings (SSSR count). The molecule has 0 N–H and O–H groups in total. The summed E-state index contributed by atoms with van der Waals surface area (Å²) in [5, 5.41) is 6.90. The second-order valence-corrected chi connectivity index (χ2v) is 1.78. The molecule has 0 unspecified atom stereocenters. The molecule has 0 amide bonds. The summed E-state index contributed by atoms with van der Waals surface area (Å²) in [6, 6.07) is 0. The highest BCUT2D eigenvalue weighted by molar-refractivity contribution is 5.74. The molecule has 0 fully saturated rings. The van der Waals surface area contributed by atoms with Gasteiger partial charge < -0.3 is 4.57 Å². The minimum Gasteiger partial charge on any atom is -0.333 e. The van der Waals surface area contributed by atoms with Crippen molar-refractivity contribution in [3.63, 3.8) is 0 Å². The van der Waals surface area contributed by atoms with Crippen molar-refractivity contribution in [2.45, 2.75) is 0 Å². The van der Waals surface area contributed by atoms with Gasteiger partial charge in [0.1, 0.15) is 0 Å². The lowest BCUT2D eigenvalue weighted by Crippen LogP contribution is -1.93. The second kappa shape index (κ2) is 2.91. The molecule has 0 aliphatic heterocycles. The van der Waals surface area contributed by atoms with Gasteiger partial charge in [-0.2, -0.15) is 10.2 Å². The van der Waals surface area contributed by atoms with Crippen LogP contribution < -0.4 is 0 Å². The fourth-order valence-electron chi connectivity index (χ4n) is 0.594. The third kappa shape index (κ3) is 1.28. The van der Waals surface area contributed by atoms with Crippen LogP contribution in [0.25, 0.3) is 0 Å². The SMILES string of the molecule is C=NN=Cc1nccn1C. The Labute approximate surface area is 58.9 Å². The lowest BCUT2D eigenvalue weighted by molar-refractivity contribution is 0.900. The Balaban J connectivity index is 2.83. The van der Waals surface area contributed by atoms with E-state index in [1.807, 2.05) is 17.8 Å². The Bertz CT molecular complexity index is 248. The summed E-state index contributed by atoms with van der Waals surface area (Å²) < 4.78 is 1.84. The molecule has 1 heterocycles. The number of imidazole rings is 1. The average molecular weight is 136 g/mol. The summed E-state index contributed by atoms with van der Waals surface area (Å²) in [4.78, 5) is 3.98. The molecule has 0 aliphatic carbocycles. The van der Waals surface area contributed by atoms with Gasteiger partial charge >= 0.3 is 0 Å². The minimum absolute atomic E-state index is 0.771. The lowest BCUT2D eigenvalue weighted by Gasteiger charge is -1.89. The van der Waals surface area contributed by atoms with E-state index < -0.39 is 0 Å². The highest BCUT2D eigenvalue weighted by Crippen LogP contribution is 1.88. The molecule has 0 saturated heterocycles. The van der Waals surface area contributed by atoms with Gasteiger partial charge in [0.15, 0.2) is 5.82 Å². The van der Waals surface area contributed by atoms with E-state index in [0.29, 0.717) is 0 Å². The molecular formula is C6H8N4. The molecule has 4 heteroatoms. The predicted octanol–water partition coefficient (Wildman–Crippen LogP) is 0.455. The smallest absolute Gasteiger partial charge is 0.152 e. The van der Waals surface area contributed by atoms with Crippen molar-refractivity contribution in [1.29, 1.82) is 0 Å². The van der Waals surface area contributed by atoms with Gasteiger partial charge in [0.05, 0.1) is 6.21 Å². The van der Waals surface area contributed by atoms with Crippen LogP contribution in [0.15, 0.2) is 22.6 Å². The fraction of sp³-hybridized carbons (Fsp3) is 0.167. The monoisotopic (exact) mass is 136 g/mol. The number of nitrogens with zero attached hydrogens (tertiary/aromatic N) is 4. The molecule has 52 valence electrons. The third-order valence-corrected chi connectivity index (χ3v) is 1.11. The van der Waals surface area contributed by atoms with Crippen molar-refractivity contribution in [1.82, 2.24) is 9.55 Å². The fourth-order valence-corrected chi connectivity index (χ4v) is 0.594. The first-order chi connectivity index (χ1) is 4.84. The molecule has 10 heavy (non-hydrogen) atoms. The first-order valence-corrected chi connectivity index (χ1v) is 2.81. The summed E-state index contributed by atoms with van der Waals surface area (Å²) in [5.41, 5.74) is 0. The molecule has 0 radical (unpaired) electrons. The molecule has 0 saturated carbocycles. The summed E-state index contributed by atoms with van der Waals surface area (Å²) in [6.07, 6.45) is 5.09. The molecule has 1 aromatic heterocycles. The maximum atomic E-state index is 3.98. The van der Waals surface area contributed by atoms with Gasteiger partial charge in [-0.1, -0.05) is 0 Å². The normalized spacial score (nSPS) is 10.5. The van der Waals surface area contributed by atoms with Crippen molar-refractivity contribution in [3.8, 4) is 0 Å². The van der Waals surface area contributed by atoms with Crippen LogP contribution in [0.5, 0.6) is 0 Å². The molecule has 0 bridgehead atoms. The summed E-state index contributed by atoms with van der Waals surface area (Å²) in [5.74, 6) is 0.771. The van der Waals surface area contributed by atoms with Crippen LogP contribution in [0.2, 0.25) is 0 Å². The molecule has 0 aromatic carbocycles. The lowest BCUT2D eigenvalue weighted by atomic mass is 10.7. The van der Waals surface area contributed by atoms with Crippen LogP contribution in [0, 0.1) is 0 Å². The Kier molecular flexibility index (Phi) is 1.94. The van der Waals surface area contributed by atoms with E-state index in [1.165, 1.54) is 0 Å². The Morgan fingerprint density at radius 2 is 2.60 bits per heavy atom. The van der Waals surface area contributed by atoms with Crippen LogP contribution in [-0.4, -0.2) is 22.5 Å². The molecule has 4 nitrogen and oxygen atoms in total. The Morgan fingerprint density at radius 3 is 3.10 bits per heavy atom. The van der Waals surface area contributed by atoms with Crippen molar-refractivity contribution >= 4 is 12.9 Å². The van der Waals surface area contributed by atoms with Crippen LogP contribution in [-0.2, 0) is 7.05 Å². The number of hydrogen-bond acceptors (Lipinski definition) is 3. The maximum absolute atomic E-state index is 3.98. The number of rotatable bonds is 2. The van der Waals surface area contributed by atoms with Crippen molar-refractivity contribution < 1.29 is 0 Å². The van der Waals surface area contributed by atoms with Crippen LogP contribution in [0.3, 0.4) is 0 Å². The van der Waals surface area contributed by atoms with E-state index in [1.54, 1.807) is 12.4 Å². The van der Waals surface area contributed by atoms with Crippen molar-refractivity contribution in [2.24, 2.45) is 17.3 Å². The standard InChI is InChI=1S/C6H8N4/c1-7-9-5-6-8-3-4-10(6)2/h3-5H,1H2,2H3. The van der Waals surface area contributed by atoms with Gasteiger partial charge in [-0.3, -0.25) is 0 Å². The molecule has 1 aromatic rings. The average Bonchev–Trinajstić information content (AvgIpc) is 2.31. The first kappa shape index (κ1) is 6.67. The van der Waals surface area contributed by atoms with Gasteiger partial charge in [0, 0.05) is 26.2 Å². The van der Waals surface area contributed by atoms with Gasteiger partial charge in [-0.05, 0) is 0 Å². The van der Waals surface area contributed by atoms with Gasteiger partial charge in [-0.15, -0.1) is 0 Å². The quantitative estimate of drug-likeness (QED) is 0.430. The van der Waals surface area contributed by atoms with Crippen molar-refractivity contribution in [2.75, 3.05) is 0 Å². The Morgan fingerprint density at radius 1 is 1.80 bits per heavy atom. The van der Waals surface area contributed by atoms with Crippen LogP contribution >= 0.6 is 0 Å². The summed E-state index contributed by atoms with van der Waals surface area (Å²) in [6.45, 7) is 3.20. The van der Waals surface area contributed by atoms with Crippen LogP contribution in [0.4, 0.5) is 0 Å². The van der Waals surface area contributed by atoms with Crippen LogP contribution in [0.1, 0.15) is 5.82 Å². The molecule has 0 spiro atoms. The predicted molar refractivity (Wildman–Crippen MR) is 40.4 cm³/mol. The second-order valence-electron chi connectivity index (χ2n) is 1.78. The Hall–Kier alpha value is -1.45. The minimum atomic E-state index is 0.771. The van der Waals surface area contributed by atoms with E-state index >= 15 is 0 Å². The molecular weight excluding hydrogens is 128 g/mol. The number of aryl methyl sites for hydroxylation is 1. The zero-order chi connectivity index (χ0) is 7.40. The number of aromatic nitrogens is 2. The van der Waals surface area contributed by atoms with E-state index in [2.05, 4.69) is 21.9 Å². The summed E-state index contributed by atoms with van der Waals surface area (Å²) >= 11 is 0. The van der Waals surface area contributed by atoms with E-state index in [4.69, 9.17) is 0 Å². The zero-order valence-corrected chi connectivity index (χ0v) is 5.73. The third-order valence-electron chi connectivity index (χ3n) is 1.11. The summed E-state index contributed by atoms with van der Waals surface area (Å²) in [7, 11) is 1.89. The highest BCUT2D eigenvalue weighted by atomic mass is 15.2. The van der Waals surface area contributed by atoms with Gasteiger partial charge in [0.25, 0.3) is 0 Å². The highest BCUT2D eigenvalue weighted by Gasteiger charge is 1.90. The largest absolute Gasteiger partial charge is 0.333 e. The van der Waals surface area contributed by atoms with E-state index in [9.17, 15) is 0 Å². The molecule has 0 atom stereocenters. The maximum Gasteiger partial charge on any atom is 0.152 e. The van der Waals surface area contributed by atoms with Gasteiger partial charge in [-0.25, -0.2) is 4.98 Å². The van der Waals surface area contributed by atoms with E-state index in [0.717, 1.165) is 5.82 Å². The van der Waals surface area contributed by atoms with Gasteiger partial charge in [0.2, 0.25) is 0 Å². The van der Waals surface area contributed by atoms with Crippen molar-refractivity contribution in [3.05, 3.63) is 18.2 Å². The number of hydrogen-bond donors (Lipinski definition) is 0. The first-order valence-electron chi connectivity index (χ1n) is 2.81. The van der Waals surface area contributed by atoms with E-state index in [-0.39, 0.29) is 0 Å². The molecule has 0 aliphatic rings. The topological polar surface area (TPSA) is 42.5 Å². The zero-order valence-electron chi connectivity index (χ0n) is 5.73.